The highest BCUT2D eigenvalue weighted by Crippen LogP contribution is 2.41. The molecule has 4 aromatic carbocycles. The van der Waals surface area contributed by atoms with Gasteiger partial charge in [-0.15, -0.1) is 0 Å². The number of fused-ring (bicyclic) bond motifs is 1. The molecular formula is C36H32F3N3O3. The summed E-state index contributed by atoms with van der Waals surface area (Å²) in [6.45, 7) is 9.36. The van der Waals surface area contributed by atoms with Gasteiger partial charge < -0.3 is 14.5 Å². The summed E-state index contributed by atoms with van der Waals surface area (Å²) in [4.78, 5) is 17.5. The Hall–Kier alpha value is -5.10. The van der Waals surface area contributed by atoms with E-state index >= 15 is 0 Å². The van der Waals surface area contributed by atoms with E-state index in [0.717, 1.165) is 17.2 Å². The second kappa shape index (κ2) is 12.5. The lowest BCUT2D eigenvalue weighted by atomic mass is 9.95. The molecule has 0 aliphatic rings. The minimum Gasteiger partial charge on any atom is -0.490 e. The van der Waals surface area contributed by atoms with Crippen molar-refractivity contribution in [3.8, 4) is 34.4 Å². The molecular weight excluding hydrogens is 579 g/mol. The number of nitrogens with one attached hydrogen (secondary N) is 1. The third-order valence-corrected chi connectivity index (χ3v) is 7.29. The first-order valence-electron chi connectivity index (χ1n) is 14.5. The molecule has 5 rings (SSSR count). The second-order valence-electron chi connectivity index (χ2n) is 11.5. The monoisotopic (exact) mass is 611 g/mol. The second-order valence-corrected chi connectivity index (χ2v) is 11.5. The topological polar surface area (TPSA) is 88.1 Å². The maximum atomic E-state index is 14.3. The van der Waals surface area contributed by atoms with Crippen molar-refractivity contribution in [3.63, 3.8) is 0 Å². The van der Waals surface area contributed by atoms with Crippen LogP contribution in [0, 0.1) is 18.3 Å². The van der Waals surface area contributed by atoms with Gasteiger partial charge in [0.1, 0.15) is 11.3 Å². The van der Waals surface area contributed by atoms with Crippen LogP contribution in [0.4, 0.5) is 13.2 Å². The van der Waals surface area contributed by atoms with Crippen molar-refractivity contribution >= 4 is 17.0 Å². The number of alkyl halides is 3. The molecule has 1 amide bonds. The minimum absolute atomic E-state index is 0.0103. The fourth-order valence-electron chi connectivity index (χ4n) is 5.11. The molecule has 45 heavy (non-hydrogen) atoms. The summed E-state index contributed by atoms with van der Waals surface area (Å²) < 4.78 is 54.6. The Morgan fingerprint density at radius 3 is 2.36 bits per heavy atom. The molecule has 0 fully saturated rings. The zero-order chi connectivity index (χ0) is 32.5. The van der Waals surface area contributed by atoms with Crippen LogP contribution in [-0.4, -0.2) is 17.0 Å². The molecule has 230 valence electrons. The smallest absolute Gasteiger partial charge is 0.417 e. The predicted octanol–water partition coefficient (Wildman–Crippen LogP) is 9.20. The molecule has 0 unspecified atom stereocenters. The van der Waals surface area contributed by atoms with Gasteiger partial charge in [0.2, 0.25) is 5.89 Å². The highest BCUT2D eigenvalue weighted by Gasteiger charge is 2.34. The number of carbonyl (C=O) groups is 1. The van der Waals surface area contributed by atoms with Gasteiger partial charge in [0.15, 0.2) is 5.58 Å². The number of halogens is 3. The van der Waals surface area contributed by atoms with Crippen LogP contribution in [0.2, 0.25) is 0 Å². The summed E-state index contributed by atoms with van der Waals surface area (Å²) in [6, 6.07) is 21.4. The van der Waals surface area contributed by atoms with Gasteiger partial charge in [-0.3, -0.25) is 4.79 Å². The fraction of sp³-hybridized carbons (Fsp3) is 0.250. The number of carbonyl (C=O) groups excluding carboxylic acids is 1. The molecule has 0 aliphatic carbocycles. The van der Waals surface area contributed by atoms with E-state index in [1.54, 1.807) is 60.7 Å². The van der Waals surface area contributed by atoms with Gasteiger partial charge in [-0.1, -0.05) is 37.6 Å². The molecule has 1 heterocycles. The number of aryl methyl sites for hydroxylation is 1. The first-order chi connectivity index (χ1) is 21.3. The summed E-state index contributed by atoms with van der Waals surface area (Å²) in [6.07, 6.45) is -4.84. The molecule has 0 atom stereocenters. The Labute approximate surface area is 259 Å². The number of rotatable bonds is 8. The molecule has 0 spiro atoms. The van der Waals surface area contributed by atoms with Crippen molar-refractivity contribution in [2.45, 2.75) is 59.4 Å². The molecule has 5 aromatic rings. The standard InChI is InChI=1S/C36H32F3N3O3/c1-20(2)28-15-24(18-40)17-31-33(28)45-35(42-31)26-10-8-25(9-11-26)34(43)41-19-23-7-12-27(30(16-23)36(37,38)39)29-14-22(5)6-13-32(29)44-21(3)4/h6-17,20-21H,19H2,1-5H3,(H,41,43). The number of nitriles is 1. The van der Waals surface area contributed by atoms with Gasteiger partial charge in [-0.25, -0.2) is 4.98 Å². The number of hydrogen-bond donors (Lipinski definition) is 1. The van der Waals surface area contributed by atoms with Crippen molar-refractivity contribution < 1.29 is 27.1 Å². The summed E-state index contributed by atoms with van der Waals surface area (Å²) in [5.74, 6) is 0.402. The number of ether oxygens (including phenoxy) is 1. The van der Waals surface area contributed by atoms with Crippen LogP contribution >= 0.6 is 0 Å². The van der Waals surface area contributed by atoms with E-state index in [4.69, 9.17) is 9.15 Å². The molecule has 0 saturated carbocycles. The highest BCUT2D eigenvalue weighted by atomic mass is 19.4. The number of hydrogen-bond acceptors (Lipinski definition) is 5. The molecule has 1 N–H and O–H groups in total. The predicted molar refractivity (Wildman–Crippen MR) is 167 cm³/mol. The Bertz CT molecular complexity index is 1920. The van der Waals surface area contributed by atoms with Gasteiger partial charge in [-0.2, -0.15) is 18.4 Å². The molecule has 0 bridgehead atoms. The van der Waals surface area contributed by atoms with Crippen molar-refractivity contribution in [2.75, 3.05) is 0 Å². The van der Waals surface area contributed by atoms with Crippen molar-refractivity contribution in [3.05, 3.63) is 106 Å². The Kier molecular flexibility index (Phi) is 8.69. The third kappa shape index (κ3) is 6.86. The van der Waals surface area contributed by atoms with Gasteiger partial charge in [0.05, 0.1) is 23.3 Å². The van der Waals surface area contributed by atoms with Crippen LogP contribution in [0.25, 0.3) is 33.7 Å². The summed E-state index contributed by atoms with van der Waals surface area (Å²) >= 11 is 0. The molecule has 0 radical (unpaired) electrons. The van der Waals surface area contributed by atoms with Crippen LogP contribution in [0.5, 0.6) is 5.75 Å². The average molecular weight is 612 g/mol. The lowest BCUT2D eigenvalue weighted by Gasteiger charge is -2.19. The number of nitrogens with zero attached hydrogens (tertiary/aromatic N) is 2. The Morgan fingerprint density at radius 1 is 0.978 bits per heavy atom. The first kappa shape index (κ1) is 31.3. The maximum Gasteiger partial charge on any atom is 0.417 e. The van der Waals surface area contributed by atoms with E-state index in [-0.39, 0.29) is 24.1 Å². The minimum atomic E-state index is -4.62. The zero-order valence-corrected chi connectivity index (χ0v) is 25.5. The first-order valence-corrected chi connectivity index (χ1v) is 14.5. The SMILES string of the molecule is Cc1ccc(OC(C)C)c(-c2ccc(CNC(=O)c3ccc(-c4nc5cc(C#N)cc(C(C)C)c5o4)cc3)cc2C(F)(F)F)c1. The zero-order valence-electron chi connectivity index (χ0n) is 25.5. The number of oxazole rings is 1. The van der Waals surface area contributed by atoms with Crippen LogP contribution < -0.4 is 10.1 Å². The largest absolute Gasteiger partial charge is 0.490 e. The Morgan fingerprint density at radius 2 is 1.71 bits per heavy atom. The average Bonchev–Trinajstić information content (AvgIpc) is 3.43. The van der Waals surface area contributed by atoms with E-state index in [1.165, 1.54) is 6.07 Å². The van der Waals surface area contributed by atoms with E-state index in [9.17, 15) is 23.2 Å². The number of aromatic nitrogens is 1. The third-order valence-electron chi connectivity index (χ3n) is 7.29. The summed E-state index contributed by atoms with van der Waals surface area (Å²) in [7, 11) is 0. The van der Waals surface area contributed by atoms with E-state index in [0.29, 0.717) is 50.6 Å². The molecule has 0 aliphatic heterocycles. The molecule has 0 saturated heterocycles. The van der Waals surface area contributed by atoms with Gasteiger partial charge >= 0.3 is 6.18 Å². The van der Waals surface area contributed by atoms with Crippen molar-refractivity contribution in [1.29, 1.82) is 5.26 Å². The van der Waals surface area contributed by atoms with Gasteiger partial charge in [0, 0.05) is 28.8 Å². The van der Waals surface area contributed by atoms with Gasteiger partial charge in [0.25, 0.3) is 5.91 Å². The van der Waals surface area contributed by atoms with Gasteiger partial charge in [-0.05, 0) is 92.4 Å². The number of benzene rings is 4. The van der Waals surface area contributed by atoms with Crippen molar-refractivity contribution in [1.82, 2.24) is 10.3 Å². The lowest BCUT2D eigenvalue weighted by Crippen LogP contribution is -2.23. The summed E-state index contributed by atoms with van der Waals surface area (Å²) in [5.41, 5.74) is 4.19. The van der Waals surface area contributed by atoms with E-state index in [1.807, 2.05) is 34.6 Å². The highest BCUT2D eigenvalue weighted by molar-refractivity contribution is 5.94. The van der Waals surface area contributed by atoms with Crippen molar-refractivity contribution in [2.24, 2.45) is 0 Å². The van der Waals surface area contributed by atoms with E-state index < -0.39 is 17.6 Å². The molecule has 1 aromatic heterocycles. The normalized spacial score (nSPS) is 11.7. The maximum absolute atomic E-state index is 14.3. The molecule has 6 nitrogen and oxygen atoms in total. The van der Waals surface area contributed by atoms with Crippen LogP contribution in [0.1, 0.15) is 71.8 Å². The van der Waals surface area contributed by atoms with Crippen LogP contribution in [-0.2, 0) is 12.7 Å². The quantitative estimate of drug-likeness (QED) is 0.189. The Balaban J connectivity index is 1.35. The fourth-order valence-corrected chi connectivity index (χ4v) is 5.11. The summed E-state index contributed by atoms with van der Waals surface area (Å²) in [5, 5.41) is 12.1. The van der Waals surface area contributed by atoms with E-state index in [2.05, 4.69) is 16.4 Å². The van der Waals surface area contributed by atoms with Crippen LogP contribution in [0.15, 0.2) is 77.2 Å². The number of amides is 1. The lowest BCUT2D eigenvalue weighted by molar-refractivity contribution is -0.137. The van der Waals surface area contributed by atoms with Crippen LogP contribution in [0.3, 0.4) is 0 Å². The molecule has 9 heteroatoms.